The summed E-state index contributed by atoms with van der Waals surface area (Å²) in [5, 5.41) is 8.79. The zero-order valence-corrected chi connectivity index (χ0v) is 19.3. The number of sulfonamides is 1. The zero-order chi connectivity index (χ0) is 22.7. The third kappa shape index (κ3) is 4.86. The molecule has 0 atom stereocenters. The van der Waals surface area contributed by atoms with Crippen LogP contribution in [-0.4, -0.2) is 86.4 Å². The normalized spacial score (nSPS) is 18.6. The molecule has 0 radical (unpaired) electrons. The van der Waals surface area contributed by atoms with Crippen LogP contribution in [0, 0.1) is 5.92 Å². The number of rotatable bonds is 5. The van der Waals surface area contributed by atoms with Gasteiger partial charge in [0.15, 0.2) is 5.82 Å². The summed E-state index contributed by atoms with van der Waals surface area (Å²) in [6.07, 6.45) is 2.72. The first-order chi connectivity index (χ1) is 15.4. The van der Waals surface area contributed by atoms with Gasteiger partial charge in [0.25, 0.3) is 0 Å². The molecule has 0 aliphatic carbocycles. The molecule has 2 aromatic rings. The molecule has 1 aromatic heterocycles. The minimum atomic E-state index is -3.19. The third-order valence-corrected chi connectivity index (χ3v) is 7.52. The first kappa shape index (κ1) is 22.5. The van der Waals surface area contributed by atoms with Crippen molar-refractivity contribution in [2.24, 2.45) is 5.92 Å². The SMILES string of the molecule is COc1ccccc1-c1ccc(N2CCC(C(=O)N3CCN(S(C)(=O)=O)CC3)CC2)nn1. The summed E-state index contributed by atoms with van der Waals surface area (Å²) in [5.41, 5.74) is 1.65. The number of carbonyl (C=O) groups is 1. The van der Waals surface area contributed by atoms with Crippen molar-refractivity contribution in [3.8, 4) is 17.0 Å². The van der Waals surface area contributed by atoms with E-state index in [4.69, 9.17) is 4.74 Å². The van der Waals surface area contributed by atoms with E-state index in [1.165, 1.54) is 10.6 Å². The number of hydrogen-bond acceptors (Lipinski definition) is 7. The van der Waals surface area contributed by atoms with Crippen molar-refractivity contribution in [3.05, 3.63) is 36.4 Å². The van der Waals surface area contributed by atoms with Crippen LogP contribution in [0.15, 0.2) is 36.4 Å². The van der Waals surface area contributed by atoms with E-state index in [1.807, 2.05) is 41.3 Å². The molecule has 0 unspecified atom stereocenters. The third-order valence-electron chi connectivity index (χ3n) is 6.22. The average molecular weight is 460 g/mol. The second kappa shape index (κ2) is 9.41. The Labute approximate surface area is 189 Å². The molecule has 0 saturated carbocycles. The van der Waals surface area contributed by atoms with Crippen molar-refractivity contribution in [2.75, 3.05) is 57.5 Å². The van der Waals surface area contributed by atoms with E-state index >= 15 is 0 Å². The highest BCUT2D eigenvalue weighted by molar-refractivity contribution is 7.88. The lowest BCUT2D eigenvalue weighted by Crippen LogP contribution is -2.52. The Bertz CT molecular complexity index is 1040. The highest BCUT2D eigenvalue weighted by Crippen LogP contribution is 2.29. The van der Waals surface area contributed by atoms with Crippen molar-refractivity contribution in [1.82, 2.24) is 19.4 Å². The smallest absolute Gasteiger partial charge is 0.225 e. The van der Waals surface area contributed by atoms with Gasteiger partial charge in [-0.25, -0.2) is 8.42 Å². The number of aromatic nitrogens is 2. The number of methoxy groups -OCH3 is 1. The van der Waals surface area contributed by atoms with Crippen molar-refractivity contribution < 1.29 is 17.9 Å². The predicted octanol–water partition coefficient (Wildman–Crippen LogP) is 1.47. The number of nitrogens with zero attached hydrogens (tertiary/aromatic N) is 5. The molecule has 2 aliphatic heterocycles. The van der Waals surface area contributed by atoms with Gasteiger partial charge in [-0.15, -0.1) is 10.2 Å². The minimum Gasteiger partial charge on any atom is -0.496 e. The summed E-state index contributed by atoms with van der Waals surface area (Å²) < 4.78 is 30.2. The Morgan fingerprint density at radius 1 is 0.969 bits per heavy atom. The summed E-state index contributed by atoms with van der Waals surface area (Å²) in [4.78, 5) is 16.9. The molecular weight excluding hydrogens is 430 g/mol. The van der Waals surface area contributed by atoms with Crippen molar-refractivity contribution in [2.45, 2.75) is 12.8 Å². The van der Waals surface area contributed by atoms with Crippen LogP contribution in [0.4, 0.5) is 5.82 Å². The number of para-hydroxylation sites is 1. The molecule has 0 spiro atoms. The summed E-state index contributed by atoms with van der Waals surface area (Å²) in [6, 6.07) is 11.6. The van der Waals surface area contributed by atoms with Gasteiger partial charge in [-0.05, 0) is 37.1 Å². The van der Waals surface area contributed by atoms with E-state index in [-0.39, 0.29) is 11.8 Å². The minimum absolute atomic E-state index is 0.0307. The Morgan fingerprint density at radius 2 is 1.66 bits per heavy atom. The molecule has 172 valence electrons. The standard InChI is InChI=1S/C22H29N5O4S/c1-31-20-6-4-3-5-18(20)19-7-8-21(24-23-19)25-11-9-17(10-12-25)22(28)26-13-15-27(16-14-26)32(2,29)30/h3-8,17H,9-16H2,1-2H3. The van der Waals surface area contributed by atoms with Gasteiger partial charge in [0.05, 0.1) is 19.1 Å². The maximum absolute atomic E-state index is 12.9. The lowest BCUT2D eigenvalue weighted by molar-refractivity contribution is -0.137. The molecule has 1 amide bonds. The van der Waals surface area contributed by atoms with Crippen LogP contribution in [0.1, 0.15) is 12.8 Å². The first-order valence-corrected chi connectivity index (χ1v) is 12.7. The first-order valence-electron chi connectivity index (χ1n) is 10.8. The summed E-state index contributed by atoms with van der Waals surface area (Å²) >= 11 is 0. The highest BCUT2D eigenvalue weighted by atomic mass is 32.2. The molecule has 32 heavy (non-hydrogen) atoms. The monoisotopic (exact) mass is 459 g/mol. The number of anilines is 1. The number of benzene rings is 1. The number of piperidine rings is 1. The second-order valence-electron chi connectivity index (χ2n) is 8.23. The van der Waals surface area contributed by atoms with Gasteiger partial charge < -0.3 is 14.5 Å². The van der Waals surface area contributed by atoms with Crippen LogP contribution in [0.25, 0.3) is 11.3 Å². The summed E-state index contributed by atoms with van der Waals surface area (Å²) in [6.45, 7) is 3.14. The molecule has 10 heteroatoms. The Kier molecular flexibility index (Phi) is 6.61. The van der Waals surface area contributed by atoms with Crippen LogP contribution in [0.5, 0.6) is 5.75 Å². The number of piperazine rings is 1. The fraction of sp³-hybridized carbons (Fsp3) is 0.500. The molecule has 9 nitrogen and oxygen atoms in total. The lowest BCUT2D eigenvalue weighted by atomic mass is 9.95. The van der Waals surface area contributed by atoms with E-state index in [1.54, 1.807) is 7.11 Å². The Balaban J connectivity index is 1.32. The van der Waals surface area contributed by atoms with Gasteiger partial charge in [0, 0.05) is 50.7 Å². The quantitative estimate of drug-likeness (QED) is 0.668. The lowest BCUT2D eigenvalue weighted by Gasteiger charge is -2.38. The Hall–Kier alpha value is -2.72. The molecule has 1 aromatic carbocycles. The fourth-order valence-electron chi connectivity index (χ4n) is 4.35. The largest absolute Gasteiger partial charge is 0.496 e. The van der Waals surface area contributed by atoms with Crippen LogP contribution >= 0.6 is 0 Å². The van der Waals surface area contributed by atoms with E-state index < -0.39 is 10.0 Å². The zero-order valence-electron chi connectivity index (χ0n) is 18.5. The number of ether oxygens (including phenoxy) is 1. The number of hydrogen-bond donors (Lipinski definition) is 0. The van der Waals surface area contributed by atoms with Crippen LogP contribution in [0.2, 0.25) is 0 Å². The molecule has 0 N–H and O–H groups in total. The van der Waals surface area contributed by atoms with E-state index in [2.05, 4.69) is 15.1 Å². The predicted molar refractivity (Wildman–Crippen MR) is 122 cm³/mol. The molecule has 2 aliphatic rings. The van der Waals surface area contributed by atoms with Gasteiger partial charge >= 0.3 is 0 Å². The topological polar surface area (TPSA) is 95.9 Å². The molecule has 4 rings (SSSR count). The number of carbonyl (C=O) groups excluding carboxylic acids is 1. The number of amides is 1. The van der Waals surface area contributed by atoms with Gasteiger partial charge in [0.2, 0.25) is 15.9 Å². The van der Waals surface area contributed by atoms with Gasteiger partial charge in [0.1, 0.15) is 5.75 Å². The molecule has 2 fully saturated rings. The average Bonchev–Trinajstić information content (AvgIpc) is 2.83. The van der Waals surface area contributed by atoms with Crippen molar-refractivity contribution in [3.63, 3.8) is 0 Å². The van der Waals surface area contributed by atoms with Crippen LogP contribution < -0.4 is 9.64 Å². The maximum atomic E-state index is 12.9. The maximum Gasteiger partial charge on any atom is 0.225 e. The second-order valence-corrected chi connectivity index (χ2v) is 10.2. The van der Waals surface area contributed by atoms with Crippen LogP contribution in [0.3, 0.4) is 0 Å². The molecule has 2 saturated heterocycles. The Morgan fingerprint density at radius 3 is 2.25 bits per heavy atom. The van der Waals surface area contributed by atoms with Gasteiger partial charge in [-0.1, -0.05) is 12.1 Å². The van der Waals surface area contributed by atoms with Crippen molar-refractivity contribution >= 4 is 21.7 Å². The molecule has 0 bridgehead atoms. The van der Waals surface area contributed by atoms with E-state index in [0.717, 1.165) is 48.8 Å². The van der Waals surface area contributed by atoms with Crippen molar-refractivity contribution in [1.29, 1.82) is 0 Å². The fourth-order valence-corrected chi connectivity index (χ4v) is 5.17. The van der Waals surface area contributed by atoms with Gasteiger partial charge in [-0.2, -0.15) is 4.31 Å². The molecule has 3 heterocycles. The van der Waals surface area contributed by atoms with Gasteiger partial charge in [-0.3, -0.25) is 4.79 Å². The van der Waals surface area contributed by atoms with E-state index in [0.29, 0.717) is 26.2 Å². The summed E-state index contributed by atoms with van der Waals surface area (Å²) in [5.74, 6) is 1.66. The van der Waals surface area contributed by atoms with E-state index in [9.17, 15) is 13.2 Å². The summed E-state index contributed by atoms with van der Waals surface area (Å²) in [7, 11) is -1.56. The van der Waals surface area contributed by atoms with Crippen LogP contribution in [-0.2, 0) is 14.8 Å². The highest BCUT2D eigenvalue weighted by Gasteiger charge is 2.32. The molecular formula is C22H29N5O4S.